The molecular weight excluding hydrogens is 230 g/mol. The third-order valence-corrected chi connectivity index (χ3v) is 1.80. The molecule has 84 valence electrons. The predicted octanol–water partition coefficient (Wildman–Crippen LogP) is 0.266. The van der Waals surface area contributed by atoms with Gasteiger partial charge in [0.05, 0.1) is 11.1 Å². The first-order chi connectivity index (χ1) is 7.63. The van der Waals surface area contributed by atoms with E-state index in [9.17, 15) is 10.1 Å². The maximum atomic E-state index is 10.5. The number of benzene rings is 1. The van der Waals surface area contributed by atoms with Crippen molar-refractivity contribution in [3.05, 3.63) is 39.9 Å². The molecule has 0 radical (unpaired) electrons. The van der Waals surface area contributed by atoms with E-state index >= 15 is 0 Å². The van der Waals surface area contributed by atoms with Gasteiger partial charge in [0.2, 0.25) is 5.11 Å². The molecule has 0 saturated heterocycles. The zero-order chi connectivity index (χ0) is 12.0. The lowest BCUT2D eigenvalue weighted by atomic mass is 10.2. The highest BCUT2D eigenvalue weighted by atomic mass is 32.1. The number of hydrogen-bond acceptors (Lipinski definition) is 5. The van der Waals surface area contributed by atoms with Crippen LogP contribution in [-0.4, -0.2) is 16.3 Å². The summed E-state index contributed by atoms with van der Waals surface area (Å²) in [6, 6.07) is 6.04. The fraction of sp³-hybridized carbons (Fsp3) is 0. The molecule has 1 aromatic carbocycles. The Morgan fingerprint density at radius 3 is 3.00 bits per heavy atom. The maximum Gasteiger partial charge on any atom is 0.270 e. The van der Waals surface area contributed by atoms with Gasteiger partial charge in [-0.3, -0.25) is 21.0 Å². The molecule has 8 heteroatoms. The Kier molecular flexibility index (Phi) is 4.30. The van der Waals surface area contributed by atoms with Crippen LogP contribution < -0.4 is 16.7 Å². The van der Waals surface area contributed by atoms with E-state index in [0.29, 0.717) is 5.56 Å². The predicted molar refractivity (Wildman–Crippen MR) is 63.7 cm³/mol. The minimum absolute atomic E-state index is 0.00322. The molecule has 0 unspecified atom stereocenters. The normalized spacial score (nSPS) is 10.1. The second-order valence-electron chi connectivity index (χ2n) is 2.70. The van der Waals surface area contributed by atoms with E-state index in [1.165, 1.54) is 18.3 Å². The molecule has 0 bridgehead atoms. The molecule has 0 aliphatic carbocycles. The quantitative estimate of drug-likeness (QED) is 0.230. The lowest BCUT2D eigenvalue weighted by Crippen LogP contribution is -2.37. The van der Waals surface area contributed by atoms with E-state index in [1.807, 2.05) is 0 Å². The van der Waals surface area contributed by atoms with Crippen LogP contribution in [-0.2, 0) is 0 Å². The molecule has 16 heavy (non-hydrogen) atoms. The van der Waals surface area contributed by atoms with Gasteiger partial charge >= 0.3 is 0 Å². The van der Waals surface area contributed by atoms with E-state index in [4.69, 9.17) is 5.84 Å². The van der Waals surface area contributed by atoms with E-state index in [1.54, 1.807) is 12.1 Å². The zero-order valence-corrected chi connectivity index (χ0v) is 8.90. The minimum Gasteiger partial charge on any atom is -0.300 e. The van der Waals surface area contributed by atoms with E-state index in [0.717, 1.165) is 0 Å². The lowest BCUT2D eigenvalue weighted by molar-refractivity contribution is -0.384. The van der Waals surface area contributed by atoms with Gasteiger partial charge in [0.25, 0.3) is 5.69 Å². The minimum atomic E-state index is -0.475. The number of non-ortho nitro benzene ring substituents is 1. The van der Waals surface area contributed by atoms with Gasteiger partial charge in [-0.05, 0) is 12.2 Å². The number of nitrogens with two attached hydrogens (primary N) is 1. The van der Waals surface area contributed by atoms with Crippen molar-refractivity contribution in [2.75, 3.05) is 0 Å². The fourth-order valence-corrected chi connectivity index (χ4v) is 0.969. The summed E-state index contributed by atoms with van der Waals surface area (Å²) in [6.07, 6.45) is 1.40. The van der Waals surface area contributed by atoms with Crippen LogP contribution in [0.15, 0.2) is 29.4 Å². The molecule has 0 aliphatic rings. The van der Waals surface area contributed by atoms with E-state index < -0.39 is 4.92 Å². The summed E-state index contributed by atoms with van der Waals surface area (Å²) in [7, 11) is 0. The highest BCUT2D eigenvalue weighted by Gasteiger charge is 2.03. The number of rotatable bonds is 3. The molecular formula is C8H9N5O2S. The first kappa shape index (κ1) is 12.0. The summed E-state index contributed by atoms with van der Waals surface area (Å²) >= 11 is 4.67. The highest BCUT2D eigenvalue weighted by molar-refractivity contribution is 7.80. The number of hydrazone groups is 1. The smallest absolute Gasteiger partial charge is 0.270 e. The molecule has 0 aromatic heterocycles. The van der Waals surface area contributed by atoms with Crippen LogP contribution in [0.2, 0.25) is 0 Å². The van der Waals surface area contributed by atoms with Gasteiger partial charge < -0.3 is 0 Å². The number of nitrogens with one attached hydrogen (secondary N) is 2. The Balaban J connectivity index is 2.70. The number of nitro benzene ring substituents is 1. The second kappa shape index (κ2) is 5.73. The molecule has 4 N–H and O–H groups in total. The van der Waals surface area contributed by atoms with Crippen LogP contribution in [0.1, 0.15) is 5.56 Å². The van der Waals surface area contributed by atoms with Crippen molar-refractivity contribution in [2.45, 2.75) is 0 Å². The second-order valence-corrected chi connectivity index (χ2v) is 3.10. The molecule has 0 fully saturated rings. The summed E-state index contributed by atoms with van der Waals surface area (Å²) < 4.78 is 0. The van der Waals surface area contributed by atoms with Crippen molar-refractivity contribution in [3.8, 4) is 0 Å². The molecule has 1 rings (SSSR count). The van der Waals surface area contributed by atoms with Crippen molar-refractivity contribution < 1.29 is 4.92 Å². The molecule has 0 atom stereocenters. The molecule has 0 saturated carbocycles. The molecule has 0 amide bonds. The van der Waals surface area contributed by atoms with Crippen LogP contribution >= 0.6 is 12.2 Å². The number of nitrogens with zero attached hydrogens (tertiary/aromatic N) is 2. The first-order valence-electron chi connectivity index (χ1n) is 4.17. The summed E-state index contributed by atoms with van der Waals surface area (Å²) in [6.45, 7) is 0. The van der Waals surface area contributed by atoms with Crippen LogP contribution in [0, 0.1) is 10.1 Å². The Hall–Kier alpha value is -2.06. The molecule has 1 aromatic rings. The summed E-state index contributed by atoms with van der Waals surface area (Å²) in [5, 5.41) is 14.4. The number of nitro groups is 1. The molecule has 0 spiro atoms. The summed E-state index contributed by atoms with van der Waals surface area (Å²) in [4.78, 5) is 10.0. The molecule has 0 aliphatic heterocycles. The number of thiocarbonyl (C=S) groups is 1. The Morgan fingerprint density at radius 1 is 1.62 bits per heavy atom. The van der Waals surface area contributed by atoms with Crippen molar-refractivity contribution >= 4 is 29.2 Å². The Morgan fingerprint density at radius 2 is 2.38 bits per heavy atom. The van der Waals surface area contributed by atoms with Crippen LogP contribution in [0.3, 0.4) is 0 Å². The van der Waals surface area contributed by atoms with Gasteiger partial charge in [0.1, 0.15) is 0 Å². The van der Waals surface area contributed by atoms with Gasteiger partial charge in [-0.1, -0.05) is 12.1 Å². The lowest BCUT2D eigenvalue weighted by Gasteiger charge is -1.99. The van der Waals surface area contributed by atoms with E-state index in [2.05, 4.69) is 28.2 Å². The third kappa shape index (κ3) is 3.59. The van der Waals surface area contributed by atoms with Crippen molar-refractivity contribution in [3.63, 3.8) is 0 Å². The first-order valence-corrected chi connectivity index (χ1v) is 4.58. The van der Waals surface area contributed by atoms with Gasteiger partial charge in [-0.2, -0.15) is 5.10 Å². The maximum absolute atomic E-state index is 10.5. The van der Waals surface area contributed by atoms with Gasteiger partial charge in [-0.25, -0.2) is 5.84 Å². The van der Waals surface area contributed by atoms with Gasteiger partial charge in [-0.15, -0.1) is 0 Å². The number of hydrazine groups is 1. The Labute approximate surface area is 96.4 Å². The van der Waals surface area contributed by atoms with Crippen molar-refractivity contribution in [2.24, 2.45) is 10.9 Å². The van der Waals surface area contributed by atoms with Crippen molar-refractivity contribution in [1.82, 2.24) is 10.9 Å². The largest absolute Gasteiger partial charge is 0.300 e. The average molecular weight is 239 g/mol. The SMILES string of the molecule is NNC(=S)NN=Cc1cccc([N+](=O)[O-])c1. The summed E-state index contributed by atoms with van der Waals surface area (Å²) in [5.41, 5.74) is 5.19. The highest BCUT2D eigenvalue weighted by Crippen LogP contribution is 2.11. The van der Waals surface area contributed by atoms with Crippen LogP contribution in [0.4, 0.5) is 5.69 Å². The monoisotopic (exact) mass is 239 g/mol. The van der Waals surface area contributed by atoms with Gasteiger partial charge in [0.15, 0.2) is 0 Å². The Bertz CT molecular complexity index is 434. The van der Waals surface area contributed by atoms with Gasteiger partial charge in [0, 0.05) is 17.7 Å². The summed E-state index contributed by atoms with van der Waals surface area (Å²) in [5.74, 6) is 5.00. The topological polar surface area (TPSA) is 106 Å². The van der Waals surface area contributed by atoms with Crippen LogP contribution in [0.25, 0.3) is 0 Å². The average Bonchev–Trinajstić information content (AvgIpc) is 2.29. The zero-order valence-electron chi connectivity index (χ0n) is 8.08. The third-order valence-electron chi connectivity index (χ3n) is 1.59. The number of hydrogen-bond donors (Lipinski definition) is 3. The van der Waals surface area contributed by atoms with E-state index in [-0.39, 0.29) is 10.8 Å². The molecule has 0 heterocycles. The van der Waals surface area contributed by atoms with Crippen molar-refractivity contribution in [1.29, 1.82) is 0 Å². The fourth-order valence-electron chi connectivity index (χ4n) is 0.916. The van der Waals surface area contributed by atoms with Crippen LogP contribution in [0.5, 0.6) is 0 Å². The standard InChI is InChI=1S/C8H9N5O2S/c9-11-8(16)12-10-5-6-2-1-3-7(4-6)13(14)15/h1-5H,9H2,(H2,11,12,16). The molecule has 7 nitrogen and oxygen atoms in total.